The number of nitrogens with zero attached hydrogens (tertiary/aromatic N) is 1. The van der Waals surface area contributed by atoms with Crippen LogP contribution in [0.5, 0.6) is 17.2 Å². The van der Waals surface area contributed by atoms with E-state index in [-0.39, 0.29) is 12.7 Å². The second-order valence-electron chi connectivity index (χ2n) is 6.64. The highest BCUT2D eigenvalue weighted by Crippen LogP contribution is 2.32. The molecular formula is C20H24N2O6S. The zero-order valence-electron chi connectivity index (χ0n) is 16.5. The Morgan fingerprint density at radius 2 is 1.86 bits per heavy atom. The molecule has 0 radical (unpaired) electrons. The molecule has 1 amide bonds. The second-order valence-corrected chi connectivity index (χ2v) is 8.66. The summed E-state index contributed by atoms with van der Waals surface area (Å²) in [6.45, 7) is 2.40. The molecule has 0 saturated carbocycles. The number of anilines is 1. The van der Waals surface area contributed by atoms with Gasteiger partial charge in [0.25, 0.3) is 5.91 Å². The topological polar surface area (TPSA) is 94.2 Å². The van der Waals surface area contributed by atoms with E-state index in [1.165, 1.54) is 11.4 Å². The van der Waals surface area contributed by atoms with Gasteiger partial charge in [-0.2, -0.15) is 0 Å². The van der Waals surface area contributed by atoms with Crippen LogP contribution in [0.4, 0.5) is 5.69 Å². The molecule has 1 N–H and O–H groups in total. The molecule has 0 bridgehead atoms. The van der Waals surface area contributed by atoms with Gasteiger partial charge in [-0.1, -0.05) is 13.0 Å². The first kappa shape index (κ1) is 20.8. The van der Waals surface area contributed by atoms with E-state index >= 15 is 0 Å². The summed E-state index contributed by atoms with van der Waals surface area (Å²) >= 11 is 0. The predicted octanol–water partition coefficient (Wildman–Crippen LogP) is 2.28. The molecule has 3 rings (SSSR count). The molecule has 1 aliphatic rings. The van der Waals surface area contributed by atoms with Crippen LogP contribution in [0.1, 0.15) is 18.9 Å². The number of hydrogen-bond acceptors (Lipinski definition) is 6. The summed E-state index contributed by atoms with van der Waals surface area (Å²) in [5.41, 5.74) is 1.41. The van der Waals surface area contributed by atoms with E-state index < -0.39 is 16.1 Å². The fourth-order valence-corrected chi connectivity index (χ4v) is 3.27. The largest absolute Gasteiger partial charge is 0.481 e. The number of sulfonamides is 1. The van der Waals surface area contributed by atoms with Gasteiger partial charge >= 0.3 is 0 Å². The van der Waals surface area contributed by atoms with E-state index in [0.717, 1.165) is 11.8 Å². The first-order valence-electron chi connectivity index (χ1n) is 9.15. The lowest BCUT2D eigenvalue weighted by molar-refractivity contribution is -0.128. The third kappa shape index (κ3) is 5.11. The fourth-order valence-electron chi connectivity index (χ4n) is 2.77. The molecule has 1 aliphatic heterocycles. The van der Waals surface area contributed by atoms with Gasteiger partial charge < -0.3 is 19.5 Å². The summed E-state index contributed by atoms with van der Waals surface area (Å²) in [5, 5.41) is 2.86. The molecule has 0 saturated heterocycles. The summed E-state index contributed by atoms with van der Waals surface area (Å²) in [5.74, 6) is 1.61. The van der Waals surface area contributed by atoms with Crippen molar-refractivity contribution in [2.45, 2.75) is 26.0 Å². The summed E-state index contributed by atoms with van der Waals surface area (Å²) in [7, 11) is -1.86. The SMILES string of the molecule is CCC(Oc1ccc(N(C)S(C)(=O)=O)cc1)C(=O)NCc1ccc2c(c1)OCO2. The minimum absolute atomic E-state index is 0.204. The van der Waals surface area contributed by atoms with Crippen LogP contribution in [-0.4, -0.2) is 40.5 Å². The quantitative estimate of drug-likeness (QED) is 0.704. The molecule has 1 atom stereocenters. The molecule has 8 nitrogen and oxygen atoms in total. The van der Waals surface area contributed by atoms with Crippen molar-refractivity contribution in [3.63, 3.8) is 0 Å². The van der Waals surface area contributed by atoms with Gasteiger partial charge in [-0.25, -0.2) is 8.42 Å². The number of carbonyl (C=O) groups excluding carboxylic acids is 1. The van der Waals surface area contributed by atoms with E-state index in [2.05, 4.69) is 5.32 Å². The Balaban J connectivity index is 1.58. The van der Waals surface area contributed by atoms with Gasteiger partial charge in [0.1, 0.15) is 5.75 Å². The highest BCUT2D eigenvalue weighted by Gasteiger charge is 2.19. The monoisotopic (exact) mass is 420 g/mol. The molecule has 156 valence electrons. The van der Waals surface area contributed by atoms with Crippen LogP contribution in [0.2, 0.25) is 0 Å². The van der Waals surface area contributed by atoms with Gasteiger partial charge in [0.05, 0.1) is 11.9 Å². The van der Waals surface area contributed by atoms with E-state index in [9.17, 15) is 13.2 Å². The number of ether oxygens (including phenoxy) is 3. The Morgan fingerprint density at radius 3 is 2.52 bits per heavy atom. The van der Waals surface area contributed by atoms with Gasteiger partial charge in [-0.15, -0.1) is 0 Å². The molecule has 9 heteroatoms. The van der Waals surface area contributed by atoms with Crippen LogP contribution in [0.15, 0.2) is 42.5 Å². The van der Waals surface area contributed by atoms with Crippen molar-refractivity contribution in [2.24, 2.45) is 0 Å². The molecular weight excluding hydrogens is 396 g/mol. The van der Waals surface area contributed by atoms with E-state index in [4.69, 9.17) is 14.2 Å². The highest BCUT2D eigenvalue weighted by molar-refractivity contribution is 7.92. The molecule has 1 unspecified atom stereocenters. The third-order valence-corrected chi connectivity index (χ3v) is 5.75. The van der Waals surface area contributed by atoms with Gasteiger partial charge in [0, 0.05) is 13.6 Å². The number of carbonyl (C=O) groups is 1. The first-order valence-corrected chi connectivity index (χ1v) is 11.0. The molecule has 2 aromatic rings. The van der Waals surface area contributed by atoms with Crippen LogP contribution >= 0.6 is 0 Å². The molecule has 0 spiro atoms. The van der Waals surface area contributed by atoms with Crippen molar-refractivity contribution in [3.05, 3.63) is 48.0 Å². The normalized spacial score (nSPS) is 13.6. The molecule has 0 aliphatic carbocycles. The number of nitrogens with one attached hydrogen (secondary N) is 1. The van der Waals surface area contributed by atoms with E-state index in [1.54, 1.807) is 24.3 Å². The smallest absolute Gasteiger partial charge is 0.261 e. The number of amides is 1. The Morgan fingerprint density at radius 1 is 1.17 bits per heavy atom. The minimum atomic E-state index is -3.34. The van der Waals surface area contributed by atoms with Crippen LogP contribution in [0.3, 0.4) is 0 Å². The Kier molecular flexibility index (Phi) is 6.17. The van der Waals surface area contributed by atoms with Crippen molar-refractivity contribution in [1.29, 1.82) is 0 Å². The summed E-state index contributed by atoms with van der Waals surface area (Å²) in [6.07, 6.45) is 0.954. The van der Waals surface area contributed by atoms with Gasteiger partial charge in [-0.3, -0.25) is 9.10 Å². The lowest BCUT2D eigenvalue weighted by Crippen LogP contribution is -2.37. The zero-order valence-corrected chi connectivity index (χ0v) is 17.4. The maximum atomic E-state index is 12.5. The lowest BCUT2D eigenvalue weighted by Gasteiger charge is -2.19. The molecule has 1 heterocycles. The number of hydrogen-bond donors (Lipinski definition) is 1. The maximum absolute atomic E-state index is 12.5. The van der Waals surface area contributed by atoms with Gasteiger partial charge in [-0.05, 0) is 48.4 Å². The van der Waals surface area contributed by atoms with Crippen molar-refractivity contribution in [2.75, 3.05) is 24.4 Å². The van der Waals surface area contributed by atoms with E-state index in [0.29, 0.717) is 35.9 Å². The zero-order chi connectivity index (χ0) is 21.0. The Bertz CT molecular complexity index is 975. The van der Waals surface area contributed by atoms with Crippen molar-refractivity contribution in [3.8, 4) is 17.2 Å². The number of benzene rings is 2. The van der Waals surface area contributed by atoms with Crippen LogP contribution in [0.25, 0.3) is 0 Å². The van der Waals surface area contributed by atoms with E-state index in [1.807, 2.05) is 25.1 Å². The number of fused-ring (bicyclic) bond motifs is 1. The average Bonchev–Trinajstić information content (AvgIpc) is 3.17. The minimum Gasteiger partial charge on any atom is -0.481 e. The molecule has 29 heavy (non-hydrogen) atoms. The highest BCUT2D eigenvalue weighted by atomic mass is 32.2. The van der Waals surface area contributed by atoms with Crippen molar-refractivity contribution >= 4 is 21.6 Å². The molecule has 0 aromatic heterocycles. The molecule has 2 aromatic carbocycles. The summed E-state index contributed by atoms with van der Waals surface area (Å²) in [6, 6.07) is 12.1. The molecule has 0 fully saturated rings. The maximum Gasteiger partial charge on any atom is 0.261 e. The average molecular weight is 420 g/mol. The van der Waals surface area contributed by atoms with Crippen LogP contribution in [-0.2, 0) is 21.4 Å². The van der Waals surface area contributed by atoms with Crippen molar-refractivity contribution in [1.82, 2.24) is 5.32 Å². The van der Waals surface area contributed by atoms with Crippen LogP contribution in [0, 0.1) is 0 Å². The number of rotatable bonds is 8. The van der Waals surface area contributed by atoms with Crippen LogP contribution < -0.4 is 23.8 Å². The lowest BCUT2D eigenvalue weighted by atomic mass is 10.2. The Labute approximate surface area is 170 Å². The first-order chi connectivity index (χ1) is 13.8. The predicted molar refractivity (Wildman–Crippen MR) is 109 cm³/mol. The Hall–Kier alpha value is -2.94. The fraction of sp³-hybridized carbons (Fsp3) is 0.350. The summed E-state index contributed by atoms with van der Waals surface area (Å²) in [4.78, 5) is 12.5. The summed E-state index contributed by atoms with van der Waals surface area (Å²) < 4.78 is 40.8. The van der Waals surface area contributed by atoms with Gasteiger partial charge in [0.15, 0.2) is 17.6 Å². The third-order valence-electron chi connectivity index (χ3n) is 4.54. The van der Waals surface area contributed by atoms with Gasteiger partial charge in [0.2, 0.25) is 16.8 Å². The standard InChI is InChI=1S/C20H24N2O6S/c1-4-17(28-16-8-6-15(7-9-16)22(2)29(3,24)25)20(23)21-12-14-5-10-18-19(11-14)27-13-26-18/h5-11,17H,4,12-13H2,1-3H3,(H,21,23). The van der Waals surface area contributed by atoms with Crippen molar-refractivity contribution < 1.29 is 27.4 Å². The second kappa shape index (κ2) is 8.60.